The molecule has 0 spiro atoms. The Balaban J connectivity index is 1.61. The molecule has 0 N–H and O–H groups in total. The molecular formula is C24H12Cl6N4O8. The van der Waals surface area contributed by atoms with E-state index in [0.29, 0.717) is 10.0 Å². The maximum Gasteiger partial charge on any atom is 0.282 e. The van der Waals surface area contributed by atoms with Crippen LogP contribution in [0.15, 0.2) is 58.6 Å². The number of nitro groups is 2. The van der Waals surface area contributed by atoms with Crippen molar-refractivity contribution in [2.45, 2.75) is 14.1 Å². The molecule has 1 heterocycles. The largest absolute Gasteiger partial charge is 0.292 e. The Kier molecular flexibility index (Phi) is 7.28. The number of nitrogens with zero attached hydrogens (tertiary/aromatic N) is 4. The molecule has 3 amide bonds. The van der Waals surface area contributed by atoms with Crippen molar-refractivity contribution in [3.8, 4) is 0 Å². The number of hydrogen-bond donors (Lipinski definition) is 0. The van der Waals surface area contributed by atoms with Gasteiger partial charge in [0.25, 0.3) is 29.1 Å². The molecule has 2 aromatic rings. The average Bonchev–Trinajstić information content (AvgIpc) is 3.34. The SMILES string of the molecule is O=C(CN(C(=O)c1ccccc1[N+](=O)[O-])N1C(=O)[C@@H]2[C@H](C1=O)[C@@]1(Cl)C(Cl)=C(Cl)[C@@]2(Cl)C1(Cl)Cl)c1ccc([N+](=O)[O-])cc1. The van der Waals surface area contributed by atoms with Crippen LogP contribution in [0, 0.1) is 32.1 Å². The molecule has 2 aromatic carbocycles. The minimum atomic E-state index is -2.27. The first kappa shape index (κ1) is 30.5. The number of fused-ring (bicyclic) bond motifs is 5. The summed E-state index contributed by atoms with van der Waals surface area (Å²) < 4.78 is -2.27. The predicted octanol–water partition coefficient (Wildman–Crippen LogP) is 5.19. The fourth-order valence-corrected chi connectivity index (χ4v) is 8.33. The molecule has 12 nitrogen and oxygen atoms in total. The summed E-state index contributed by atoms with van der Waals surface area (Å²) in [4.78, 5) is 71.6. The van der Waals surface area contributed by atoms with Crippen molar-refractivity contribution in [3.63, 3.8) is 0 Å². The molecule has 1 aliphatic heterocycles. The number of imide groups is 1. The zero-order chi connectivity index (χ0) is 31.1. The highest BCUT2D eigenvalue weighted by atomic mass is 35.5. The van der Waals surface area contributed by atoms with Gasteiger partial charge >= 0.3 is 0 Å². The highest BCUT2D eigenvalue weighted by Crippen LogP contribution is 2.77. The predicted molar refractivity (Wildman–Crippen MR) is 151 cm³/mol. The molecule has 3 aliphatic rings. The van der Waals surface area contributed by atoms with E-state index in [2.05, 4.69) is 0 Å². The quantitative estimate of drug-likeness (QED) is 0.126. The van der Waals surface area contributed by atoms with E-state index >= 15 is 0 Å². The Morgan fingerprint density at radius 3 is 1.81 bits per heavy atom. The highest BCUT2D eigenvalue weighted by molar-refractivity contribution is 6.66. The lowest BCUT2D eigenvalue weighted by atomic mass is 9.84. The molecular weight excluding hydrogens is 685 g/mol. The fraction of sp³-hybridized carbons (Fsp3) is 0.250. The van der Waals surface area contributed by atoms with Gasteiger partial charge in [0, 0.05) is 23.8 Å². The molecule has 1 saturated heterocycles. The van der Waals surface area contributed by atoms with Crippen LogP contribution in [0.4, 0.5) is 11.4 Å². The number of hydrogen-bond acceptors (Lipinski definition) is 8. The number of benzene rings is 2. The number of rotatable bonds is 7. The van der Waals surface area contributed by atoms with Gasteiger partial charge in [-0.3, -0.25) is 39.4 Å². The molecule has 18 heteroatoms. The van der Waals surface area contributed by atoms with E-state index in [9.17, 15) is 39.4 Å². The monoisotopic (exact) mass is 694 g/mol. The van der Waals surface area contributed by atoms with Gasteiger partial charge in [0.15, 0.2) is 10.1 Å². The summed E-state index contributed by atoms with van der Waals surface area (Å²) in [5, 5.41) is 22.6. The van der Waals surface area contributed by atoms with Gasteiger partial charge in [-0.05, 0) is 18.2 Å². The van der Waals surface area contributed by atoms with Crippen LogP contribution in [-0.4, -0.2) is 64.0 Å². The van der Waals surface area contributed by atoms with Gasteiger partial charge in [-0.15, -0.1) is 23.2 Å². The Bertz CT molecular complexity index is 1620. The van der Waals surface area contributed by atoms with Crippen molar-refractivity contribution < 1.29 is 29.0 Å². The third kappa shape index (κ3) is 3.82. The van der Waals surface area contributed by atoms with Crippen molar-refractivity contribution >= 4 is 104 Å². The van der Waals surface area contributed by atoms with Crippen LogP contribution in [0.1, 0.15) is 20.7 Å². The number of alkyl halides is 4. The zero-order valence-electron chi connectivity index (χ0n) is 20.3. The number of non-ortho nitro benzene ring substituents is 1. The molecule has 42 heavy (non-hydrogen) atoms. The second-order valence-corrected chi connectivity index (χ2v) is 12.7. The summed E-state index contributed by atoms with van der Waals surface area (Å²) in [7, 11) is 0. The van der Waals surface area contributed by atoms with E-state index < -0.39 is 87.1 Å². The van der Waals surface area contributed by atoms with Crippen molar-refractivity contribution in [1.82, 2.24) is 10.0 Å². The van der Waals surface area contributed by atoms with Gasteiger partial charge in [-0.2, -0.15) is 5.01 Å². The Morgan fingerprint density at radius 2 is 1.33 bits per heavy atom. The lowest BCUT2D eigenvalue weighted by molar-refractivity contribution is -0.385. The number of amides is 3. The van der Waals surface area contributed by atoms with Crippen LogP contribution in [0.3, 0.4) is 0 Å². The van der Waals surface area contributed by atoms with E-state index in [0.717, 1.165) is 36.4 Å². The van der Waals surface area contributed by atoms with Crippen molar-refractivity contribution in [2.75, 3.05) is 6.54 Å². The summed E-state index contributed by atoms with van der Waals surface area (Å²) in [5.74, 6) is -7.86. The van der Waals surface area contributed by atoms with Gasteiger partial charge < -0.3 is 0 Å². The number of para-hydroxylation sites is 1. The van der Waals surface area contributed by atoms with Crippen LogP contribution in [0.2, 0.25) is 0 Å². The Labute approximate surface area is 264 Å². The molecule has 2 bridgehead atoms. The number of nitro benzene ring substituents is 2. The minimum Gasteiger partial charge on any atom is -0.292 e. The molecule has 0 unspecified atom stereocenters. The number of hydrazine groups is 1. The number of Topliss-reactive ketones (excluding diaryl/α,β-unsaturated/α-hetero) is 1. The lowest BCUT2D eigenvalue weighted by Crippen LogP contribution is -2.56. The van der Waals surface area contributed by atoms with E-state index in [1.165, 1.54) is 12.1 Å². The van der Waals surface area contributed by atoms with Crippen LogP contribution < -0.4 is 0 Å². The topological polar surface area (TPSA) is 161 Å². The summed E-state index contributed by atoms with van der Waals surface area (Å²) in [5.41, 5.74) is -1.74. The molecule has 5 rings (SSSR count). The Morgan fingerprint density at radius 1 is 0.833 bits per heavy atom. The average molecular weight is 697 g/mol. The van der Waals surface area contributed by atoms with Crippen molar-refractivity contribution in [2.24, 2.45) is 11.8 Å². The summed E-state index contributed by atoms with van der Waals surface area (Å²) in [6.07, 6.45) is 0. The van der Waals surface area contributed by atoms with E-state index in [1.54, 1.807) is 0 Å². The van der Waals surface area contributed by atoms with E-state index in [1.807, 2.05) is 0 Å². The standard InChI is InChI=1S/C24H12Cl6N4O8/c25-17-18(26)23(28)16-15(22(17,27)24(23,29)30)20(37)32(21(16)38)31(19(36)12-3-1-2-4-13(12)34(41)42)9-14(35)10-5-7-11(8-6-10)33(39)40/h1-8,15-16H,9H2/t15-,16+,22-,23-/m1/s1. The molecule has 0 radical (unpaired) electrons. The first-order chi connectivity index (χ1) is 19.5. The molecule has 0 aromatic heterocycles. The third-order valence-electron chi connectivity index (χ3n) is 7.39. The number of carbonyl (C=O) groups excluding carboxylic acids is 4. The van der Waals surface area contributed by atoms with Gasteiger partial charge in [0.2, 0.25) is 0 Å². The summed E-state index contributed by atoms with van der Waals surface area (Å²) >= 11 is 39.1. The van der Waals surface area contributed by atoms with E-state index in [-0.39, 0.29) is 11.3 Å². The number of halogens is 6. The molecule has 2 fully saturated rings. The molecule has 4 atom stereocenters. The third-order valence-corrected chi connectivity index (χ3v) is 11.6. The van der Waals surface area contributed by atoms with Gasteiger partial charge in [0.05, 0.1) is 31.7 Å². The first-order valence-electron chi connectivity index (χ1n) is 11.6. The second-order valence-electron chi connectivity index (χ2n) is 9.43. The van der Waals surface area contributed by atoms with Gasteiger partial charge in [-0.1, -0.05) is 58.5 Å². The smallest absolute Gasteiger partial charge is 0.282 e. The van der Waals surface area contributed by atoms with E-state index in [4.69, 9.17) is 69.6 Å². The molecule has 1 saturated carbocycles. The summed E-state index contributed by atoms with van der Waals surface area (Å²) in [6.45, 7) is -1.02. The molecule has 2 aliphatic carbocycles. The van der Waals surface area contributed by atoms with Crippen LogP contribution in [0.25, 0.3) is 0 Å². The highest BCUT2D eigenvalue weighted by Gasteiger charge is 2.88. The zero-order valence-corrected chi connectivity index (χ0v) is 24.8. The normalized spacial score (nSPS) is 27.3. The number of carbonyl (C=O) groups is 4. The lowest BCUT2D eigenvalue weighted by Gasteiger charge is -2.36. The van der Waals surface area contributed by atoms with Crippen LogP contribution in [0.5, 0.6) is 0 Å². The minimum absolute atomic E-state index is 0.142. The van der Waals surface area contributed by atoms with Gasteiger partial charge in [-0.25, -0.2) is 5.01 Å². The Hall–Kier alpha value is -3.00. The number of allylic oxidation sites excluding steroid dienone is 2. The van der Waals surface area contributed by atoms with Crippen molar-refractivity contribution in [3.05, 3.63) is 90.0 Å². The maximum atomic E-state index is 13.9. The number of ketones is 1. The van der Waals surface area contributed by atoms with Gasteiger partial charge in [0.1, 0.15) is 21.9 Å². The van der Waals surface area contributed by atoms with Crippen LogP contribution >= 0.6 is 69.6 Å². The van der Waals surface area contributed by atoms with Crippen molar-refractivity contribution in [1.29, 1.82) is 0 Å². The molecule has 218 valence electrons. The van der Waals surface area contributed by atoms with Crippen LogP contribution in [-0.2, 0) is 9.59 Å². The maximum absolute atomic E-state index is 13.9. The first-order valence-corrected chi connectivity index (χ1v) is 13.8. The second kappa shape index (κ2) is 10.0. The fourth-order valence-electron chi connectivity index (χ4n) is 5.40. The summed E-state index contributed by atoms with van der Waals surface area (Å²) in [6, 6.07) is 8.88.